The van der Waals surface area contributed by atoms with Crippen molar-refractivity contribution in [1.29, 1.82) is 0 Å². The van der Waals surface area contributed by atoms with Crippen molar-refractivity contribution in [1.82, 2.24) is 14.9 Å². The van der Waals surface area contributed by atoms with Crippen LogP contribution in [0.4, 0.5) is 0 Å². The van der Waals surface area contributed by atoms with Gasteiger partial charge in [-0.25, -0.2) is 9.97 Å². The smallest absolute Gasteiger partial charge is 0.240 e. The second kappa shape index (κ2) is 7.54. The molecule has 3 heterocycles. The number of amides is 1. The zero-order chi connectivity index (χ0) is 17.1. The van der Waals surface area contributed by atoms with E-state index in [0.717, 1.165) is 46.7 Å². The molecule has 3 aromatic rings. The van der Waals surface area contributed by atoms with Gasteiger partial charge in [0.1, 0.15) is 21.4 Å². The number of carbonyl (C=O) groups excluding carboxylic acids is 1. The molecule has 1 fully saturated rings. The maximum atomic E-state index is 13.2. The third-order valence-corrected chi connectivity index (χ3v) is 6.53. The Hall–Kier alpha value is -1.92. The number of likely N-dealkylation sites (tertiary alicyclic amines) is 1. The zero-order valence-corrected chi connectivity index (χ0v) is 15.4. The summed E-state index contributed by atoms with van der Waals surface area (Å²) in [5, 5.41) is 3.67. The molecule has 4 rings (SSSR count). The third-order valence-electron chi connectivity index (χ3n) is 4.45. The monoisotopic (exact) mass is 369 g/mol. The van der Waals surface area contributed by atoms with Gasteiger partial charge in [-0.2, -0.15) is 0 Å². The maximum Gasteiger partial charge on any atom is 0.240 e. The van der Waals surface area contributed by atoms with Crippen molar-refractivity contribution in [3.05, 3.63) is 53.7 Å². The van der Waals surface area contributed by atoms with Gasteiger partial charge in [0.15, 0.2) is 0 Å². The molecule has 1 aromatic carbocycles. The molecule has 25 heavy (non-hydrogen) atoms. The number of fused-ring (bicyclic) bond motifs is 1. The molecule has 0 bridgehead atoms. The first-order valence-corrected chi connectivity index (χ1v) is 10.3. The van der Waals surface area contributed by atoms with E-state index in [2.05, 4.69) is 9.97 Å². The number of benzene rings is 1. The summed E-state index contributed by atoms with van der Waals surface area (Å²) in [6, 6.07) is 12.1. The van der Waals surface area contributed by atoms with Crippen LogP contribution >= 0.6 is 23.1 Å². The van der Waals surface area contributed by atoms with Crippen LogP contribution in [0.2, 0.25) is 0 Å². The molecule has 6 heteroatoms. The molecule has 0 N–H and O–H groups in total. The lowest BCUT2D eigenvalue weighted by atomic mass is 10.1. The van der Waals surface area contributed by atoms with Crippen molar-refractivity contribution in [2.45, 2.75) is 29.5 Å². The van der Waals surface area contributed by atoms with Crippen molar-refractivity contribution >= 4 is 39.2 Å². The summed E-state index contributed by atoms with van der Waals surface area (Å²) < 4.78 is 0. The van der Waals surface area contributed by atoms with Gasteiger partial charge in [-0.3, -0.25) is 4.79 Å². The van der Waals surface area contributed by atoms with Crippen LogP contribution in [0, 0.1) is 0 Å². The van der Waals surface area contributed by atoms with Gasteiger partial charge in [0.2, 0.25) is 5.91 Å². The Morgan fingerprint density at radius 1 is 1.08 bits per heavy atom. The standard InChI is InChI=1S/C19H19N3OS2/c23-19(22-10-5-2-6-11-22)16(14-7-3-1-4-8-14)25-18-15-9-12-24-17(15)20-13-21-18/h1,3-4,7-9,12-13,16H,2,5-6,10-11H2/t16-/m0/s1. The highest BCUT2D eigenvalue weighted by molar-refractivity contribution is 8.00. The number of carbonyl (C=O) groups is 1. The average molecular weight is 370 g/mol. The van der Waals surface area contributed by atoms with Crippen LogP contribution in [0.1, 0.15) is 30.1 Å². The Morgan fingerprint density at radius 2 is 1.88 bits per heavy atom. The molecule has 0 unspecified atom stereocenters. The molecule has 128 valence electrons. The molecule has 1 saturated heterocycles. The molecule has 1 atom stereocenters. The summed E-state index contributed by atoms with van der Waals surface area (Å²) in [5.74, 6) is 0.192. The van der Waals surface area contributed by atoms with Gasteiger partial charge in [0.25, 0.3) is 0 Å². The van der Waals surface area contributed by atoms with Crippen LogP contribution in [0.5, 0.6) is 0 Å². The fraction of sp³-hybridized carbons (Fsp3) is 0.316. The second-order valence-electron chi connectivity index (χ2n) is 6.11. The summed E-state index contributed by atoms with van der Waals surface area (Å²) in [6.45, 7) is 1.72. The fourth-order valence-corrected chi connectivity index (χ4v) is 5.11. The third kappa shape index (κ3) is 3.55. The lowest BCUT2D eigenvalue weighted by Gasteiger charge is -2.30. The first-order chi connectivity index (χ1) is 12.3. The molecule has 1 amide bonds. The van der Waals surface area contributed by atoms with Crippen LogP contribution in [-0.2, 0) is 4.79 Å². The van der Waals surface area contributed by atoms with Crippen LogP contribution in [0.15, 0.2) is 53.1 Å². The molecule has 4 nitrogen and oxygen atoms in total. The van der Waals surface area contributed by atoms with Crippen LogP contribution < -0.4 is 0 Å². The van der Waals surface area contributed by atoms with Crippen molar-refractivity contribution in [2.24, 2.45) is 0 Å². The van der Waals surface area contributed by atoms with Gasteiger partial charge >= 0.3 is 0 Å². The van der Waals surface area contributed by atoms with Gasteiger partial charge < -0.3 is 4.90 Å². The number of thioether (sulfide) groups is 1. The number of nitrogens with zero attached hydrogens (tertiary/aromatic N) is 3. The van der Waals surface area contributed by atoms with E-state index < -0.39 is 0 Å². The highest BCUT2D eigenvalue weighted by atomic mass is 32.2. The van der Waals surface area contributed by atoms with E-state index in [4.69, 9.17) is 0 Å². The molecule has 0 radical (unpaired) electrons. The number of hydrogen-bond donors (Lipinski definition) is 0. The summed E-state index contributed by atoms with van der Waals surface area (Å²) in [6.07, 6.45) is 5.00. The molecule has 0 saturated carbocycles. The van der Waals surface area contributed by atoms with Crippen molar-refractivity contribution in [3.63, 3.8) is 0 Å². The van der Waals surface area contributed by atoms with Gasteiger partial charge in [0, 0.05) is 18.5 Å². The van der Waals surface area contributed by atoms with E-state index in [9.17, 15) is 4.79 Å². The molecular weight excluding hydrogens is 350 g/mol. The second-order valence-corrected chi connectivity index (χ2v) is 8.10. The van der Waals surface area contributed by atoms with E-state index in [1.165, 1.54) is 6.42 Å². The topological polar surface area (TPSA) is 46.1 Å². The number of thiophene rings is 1. The largest absolute Gasteiger partial charge is 0.341 e. The molecule has 0 aliphatic carbocycles. The molecule has 1 aliphatic rings. The Morgan fingerprint density at radius 3 is 2.68 bits per heavy atom. The minimum atomic E-state index is -0.266. The summed E-state index contributed by atoms with van der Waals surface area (Å²) >= 11 is 3.14. The first kappa shape index (κ1) is 16.5. The normalized spacial score (nSPS) is 16.1. The Labute approximate surface area is 155 Å². The zero-order valence-electron chi connectivity index (χ0n) is 13.8. The van der Waals surface area contributed by atoms with Crippen LogP contribution in [-0.4, -0.2) is 33.9 Å². The molecule has 1 aliphatic heterocycles. The Bertz CT molecular complexity index is 859. The van der Waals surface area contributed by atoms with Gasteiger partial charge in [-0.05, 0) is 36.3 Å². The van der Waals surface area contributed by atoms with E-state index in [-0.39, 0.29) is 11.2 Å². The Balaban J connectivity index is 1.68. The predicted octanol–water partition coefficient (Wildman–Crippen LogP) is 4.54. The minimum Gasteiger partial charge on any atom is -0.341 e. The summed E-state index contributed by atoms with van der Waals surface area (Å²) in [5.41, 5.74) is 1.03. The fourth-order valence-electron chi connectivity index (χ4n) is 3.14. The highest BCUT2D eigenvalue weighted by Crippen LogP contribution is 2.39. The lowest BCUT2D eigenvalue weighted by molar-refractivity contribution is -0.131. The molecular formula is C19H19N3OS2. The van der Waals surface area contributed by atoms with Crippen LogP contribution in [0.25, 0.3) is 10.2 Å². The molecule has 2 aromatic heterocycles. The SMILES string of the molecule is O=C([C@@H](Sc1ncnc2sccc12)c1ccccc1)N1CCCCC1. The van der Waals surface area contributed by atoms with Gasteiger partial charge in [0.05, 0.1) is 0 Å². The Kier molecular flexibility index (Phi) is 4.99. The van der Waals surface area contributed by atoms with E-state index in [0.29, 0.717) is 0 Å². The summed E-state index contributed by atoms with van der Waals surface area (Å²) in [4.78, 5) is 25.0. The van der Waals surface area contributed by atoms with Crippen LogP contribution in [0.3, 0.4) is 0 Å². The van der Waals surface area contributed by atoms with Gasteiger partial charge in [-0.1, -0.05) is 42.1 Å². The van der Waals surface area contributed by atoms with Crippen molar-refractivity contribution in [3.8, 4) is 0 Å². The van der Waals surface area contributed by atoms with Gasteiger partial charge in [-0.15, -0.1) is 11.3 Å². The predicted molar refractivity (Wildman–Crippen MR) is 103 cm³/mol. The molecule has 0 spiro atoms. The van der Waals surface area contributed by atoms with E-state index in [1.54, 1.807) is 29.4 Å². The quantitative estimate of drug-likeness (QED) is 0.500. The van der Waals surface area contributed by atoms with E-state index >= 15 is 0 Å². The first-order valence-electron chi connectivity index (χ1n) is 8.51. The number of hydrogen-bond acceptors (Lipinski definition) is 5. The minimum absolute atomic E-state index is 0.192. The van der Waals surface area contributed by atoms with E-state index in [1.807, 2.05) is 46.7 Å². The van der Waals surface area contributed by atoms with Crippen molar-refractivity contribution < 1.29 is 4.79 Å². The summed E-state index contributed by atoms with van der Waals surface area (Å²) in [7, 11) is 0. The lowest BCUT2D eigenvalue weighted by Crippen LogP contribution is -2.38. The van der Waals surface area contributed by atoms with Crippen molar-refractivity contribution in [2.75, 3.05) is 13.1 Å². The highest BCUT2D eigenvalue weighted by Gasteiger charge is 2.29. The number of rotatable bonds is 4. The average Bonchev–Trinajstić information content (AvgIpc) is 3.16. The number of aromatic nitrogens is 2. The number of piperidine rings is 1. The maximum absolute atomic E-state index is 13.2.